The first-order valence-corrected chi connectivity index (χ1v) is 11.2. The van der Waals surface area contributed by atoms with Gasteiger partial charge in [-0.25, -0.2) is 0 Å². The quantitative estimate of drug-likeness (QED) is 0.290. The maximum absolute atomic E-state index is 4.17. The van der Waals surface area contributed by atoms with Gasteiger partial charge in [0.2, 0.25) is 0 Å². The first-order valence-electron chi connectivity index (χ1n) is 11.2. The molecule has 0 heterocycles. The minimum atomic E-state index is 1.03. The Bertz CT molecular complexity index is 1290. The molecule has 0 spiro atoms. The lowest BCUT2D eigenvalue weighted by Crippen LogP contribution is -2.04. The van der Waals surface area contributed by atoms with Crippen LogP contribution in [0.1, 0.15) is 25.0 Å². The second-order valence-corrected chi connectivity index (χ2v) is 8.22. The Morgan fingerprint density at radius 2 is 1.18 bits per heavy atom. The van der Waals surface area contributed by atoms with Crippen molar-refractivity contribution in [1.29, 1.82) is 0 Å². The van der Waals surface area contributed by atoms with Crippen molar-refractivity contribution in [2.75, 3.05) is 5.32 Å². The topological polar surface area (TPSA) is 12.0 Å². The molecule has 162 valence electrons. The molecule has 1 N–H and O–H groups in total. The molecule has 0 amide bonds. The molecule has 4 aromatic carbocycles. The number of rotatable bonds is 7. The number of nitrogens with one attached hydrogen (secondary N) is 1. The van der Waals surface area contributed by atoms with E-state index >= 15 is 0 Å². The largest absolute Gasteiger partial charge is 0.355 e. The summed E-state index contributed by atoms with van der Waals surface area (Å²) >= 11 is 0. The third-order valence-electron chi connectivity index (χ3n) is 5.92. The van der Waals surface area contributed by atoms with Gasteiger partial charge in [0.1, 0.15) is 0 Å². The van der Waals surface area contributed by atoms with Gasteiger partial charge in [0.25, 0.3) is 0 Å². The Hall–Kier alpha value is -4.10. The van der Waals surface area contributed by atoms with Gasteiger partial charge in [-0.3, -0.25) is 0 Å². The third kappa shape index (κ3) is 5.05. The number of hydrogen-bond donors (Lipinski definition) is 1. The molecule has 0 saturated carbocycles. The van der Waals surface area contributed by atoms with Crippen molar-refractivity contribution in [1.82, 2.24) is 0 Å². The zero-order valence-corrected chi connectivity index (χ0v) is 19.3. The lowest BCUT2D eigenvalue weighted by molar-refractivity contribution is 1.34. The van der Waals surface area contributed by atoms with Crippen molar-refractivity contribution < 1.29 is 0 Å². The van der Waals surface area contributed by atoms with Crippen molar-refractivity contribution in [3.63, 3.8) is 0 Å². The van der Waals surface area contributed by atoms with Crippen molar-refractivity contribution in [2.45, 2.75) is 13.8 Å². The van der Waals surface area contributed by atoms with Crippen molar-refractivity contribution >= 4 is 17.5 Å². The molecule has 0 aromatic heterocycles. The Morgan fingerprint density at radius 3 is 1.76 bits per heavy atom. The first-order chi connectivity index (χ1) is 16.1. The molecule has 4 rings (SSSR count). The molecule has 0 saturated heterocycles. The van der Waals surface area contributed by atoms with Gasteiger partial charge in [0, 0.05) is 16.9 Å². The van der Waals surface area contributed by atoms with E-state index in [0.717, 1.165) is 33.7 Å². The molecular weight excluding hydrogens is 398 g/mol. The highest BCUT2D eigenvalue weighted by Crippen LogP contribution is 2.32. The summed E-state index contributed by atoms with van der Waals surface area (Å²) < 4.78 is 0. The van der Waals surface area contributed by atoms with Gasteiger partial charge >= 0.3 is 0 Å². The van der Waals surface area contributed by atoms with E-state index in [1.807, 2.05) is 37.3 Å². The third-order valence-corrected chi connectivity index (χ3v) is 5.92. The van der Waals surface area contributed by atoms with Crippen LogP contribution in [0.4, 0.5) is 5.69 Å². The van der Waals surface area contributed by atoms with E-state index in [4.69, 9.17) is 0 Å². The molecule has 0 fully saturated rings. The van der Waals surface area contributed by atoms with Gasteiger partial charge in [-0.15, -0.1) is 0 Å². The van der Waals surface area contributed by atoms with Crippen molar-refractivity contribution in [3.05, 3.63) is 139 Å². The molecule has 33 heavy (non-hydrogen) atoms. The summed E-state index contributed by atoms with van der Waals surface area (Å²) in [6.45, 7) is 12.4. The smallest absolute Gasteiger partial charge is 0.0496 e. The molecule has 0 radical (unpaired) electrons. The molecular formula is C32H29N. The van der Waals surface area contributed by atoms with E-state index in [-0.39, 0.29) is 0 Å². The van der Waals surface area contributed by atoms with E-state index in [1.165, 1.54) is 22.3 Å². The van der Waals surface area contributed by atoms with E-state index in [2.05, 4.69) is 104 Å². The van der Waals surface area contributed by atoms with Crippen LogP contribution < -0.4 is 5.32 Å². The van der Waals surface area contributed by atoms with Crippen LogP contribution in [0.5, 0.6) is 0 Å². The molecule has 0 unspecified atom stereocenters. The maximum atomic E-state index is 4.17. The average molecular weight is 428 g/mol. The number of allylic oxidation sites excluding steroid dienone is 2. The van der Waals surface area contributed by atoms with Gasteiger partial charge in [-0.1, -0.05) is 110 Å². The minimum absolute atomic E-state index is 1.03. The Balaban J connectivity index is 1.71. The van der Waals surface area contributed by atoms with Crippen molar-refractivity contribution in [2.24, 2.45) is 0 Å². The maximum Gasteiger partial charge on any atom is 0.0496 e. The highest BCUT2D eigenvalue weighted by molar-refractivity contribution is 5.86. The zero-order valence-electron chi connectivity index (χ0n) is 19.3. The van der Waals surface area contributed by atoms with Crippen LogP contribution in [-0.4, -0.2) is 0 Å². The normalized spacial score (nSPS) is 11.5. The fourth-order valence-electron chi connectivity index (χ4n) is 3.87. The fraction of sp³-hybridized carbons (Fsp3) is 0.0625. The number of para-hydroxylation sites is 1. The lowest BCUT2D eigenvalue weighted by Gasteiger charge is -2.19. The second-order valence-electron chi connectivity index (χ2n) is 8.22. The molecule has 0 bridgehead atoms. The molecule has 0 atom stereocenters. The summed E-state index contributed by atoms with van der Waals surface area (Å²) in [4.78, 5) is 0. The predicted octanol–water partition coefficient (Wildman–Crippen LogP) is 9.08. The molecule has 1 nitrogen and oxygen atoms in total. The summed E-state index contributed by atoms with van der Waals surface area (Å²) in [5.74, 6) is 0. The molecule has 0 aliphatic heterocycles. The summed E-state index contributed by atoms with van der Waals surface area (Å²) in [6.07, 6.45) is 1.93. The van der Waals surface area contributed by atoms with Crippen LogP contribution in [0.15, 0.2) is 127 Å². The van der Waals surface area contributed by atoms with Crippen LogP contribution in [0, 0.1) is 0 Å². The molecule has 0 aliphatic rings. The van der Waals surface area contributed by atoms with E-state index in [1.54, 1.807) is 0 Å². The van der Waals surface area contributed by atoms with Crippen molar-refractivity contribution in [3.8, 4) is 22.3 Å². The van der Waals surface area contributed by atoms with Gasteiger partial charge < -0.3 is 5.32 Å². The van der Waals surface area contributed by atoms with Crippen LogP contribution in [0.2, 0.25) is 0 Å². The summed E-state index contributed by atoms with van der Waals surface area (Å²) in [5.41, 5.74) is 11.2. The van der Waals surface area contributed by atoms with Gasteiger partial charge in [-0.2, -0.15) is 0 Å². The van der Waals surface area contributed by atoms with Gasteiger partial charge in [0.15, 0.2) is 0 Å². The molecule has 4 aromatic rings. The van der Waals surface area contributed by atoms with E-state index < -0.39 is 0 Å². The SMILES string of the molecule is C=Cc1cc(-c2ccc(-c3ccccc3)cc2)ccc1/C(Nc1ccccc1)=C(\C)C(=C)C. The standard InChI is InChI=1S/C32H29N/c1-5-25-22-29(28-18-16-27(17-19-28)26-12-8-6-9-13-26)20-21-31(25)32(24(4)23(2)3)33-30-14-10-7-11-15-30/h5-22,33H,1-2H2,3-4H3/b32-24-. The molecule has 1 heteroatoms. The highest BCUT2D eigenvalue weighted by Gasteiger charge is 2.12. The minimum Gasteiger partial charge on any atom is -0.355 e. The molecule has 0 aliphatic carbocycles. The van der Waals surface area contributed by atoms with Crippen LogP contribution in [0.3, 0.4) is 0 Å². The second kappa shape index (κ2) is 10.0. The highest BCUT2D eigenvalue weighted by atomic mass is 14.9. The monoisotopic (exact) mass is 427 g/mol. The number of hydrogen-bond acceptors (Lipinski definition) is 1. The van der Waals surface area contributed by atoms with E-state index in [9.17, 15) is 0 Å². The first kappa shape index (κ1) is 22.1. The zero-order chi connectivity index (χ0) is 23.2. The Labute approximate surface area is 197 Å². The lowest BCUT2D eigenvalue weighted by atomic mass is 9.93. The predicted molar refractivity (Wildman–Crippen MR) is 145 cm³/mol. The fourth-order valence-corrected chi connectivity index (χ4v) is 3.87. The average Bonchev–Trinajstić information content (AvgIpc) is 2.88. The van der Waals surface area contributed by atoms with Crippen LogP contribution >= 0.6 is 0 Å². The van der Waals surface area contributed by atoms with Crippen LogP contribution in [-0.2, 0) is 0 Å². The Morgan fingerprint density at radius 1 is 0.667 bits per heavy atom. The number of anilines is 1. The summed E-state index contributed by atoms with van der Waals surface area (Å²) in [5, 5.41) is 3.61. The number of benzene rings is 4. The Kier molecular flexibility index (Phi) is 6.71. The summed E-state index contributed by atoms with van der Waals surface area (Å²) in [6, 6.07) is 36.0. The van der Waals surface area contributed by atoms with Crippen LogP contribution in [0.25, 0.3) is 34.0 Å². The van der Waals surface area contributed by atoms with Gasteiger partial charge in [0.05, 0.1) is 0 Å². The van der Waals surface area contributed by atoms with E-state index in [0.29, 0.717) is 0 Å². The summed E-state index contributed by atoms with van der Waals surface area (Å²) in [7, 11) is 0. The van der Waals surface area contributed by atoms with Gasteiger partial charge in [-0.05, 0) is 65.4 Å².